The molecule has 0 aromatic heterocycles. The van der Waals surface area contributed by atoms with Crippen molar-refractivity contribution in [3.05, 3.63) is 29.8 Å². The molecule has 1 heterocycles. The van der Waals surface area contributed by atoms with Crippen molar-refractivity contribution in [3.8, 4) is 5.75 Å². The first-order chi connectivity index (χ1) is 9.97. The smallest absolute Gasteiger partial charge is 0.225 e. The van der Waals surface area contributed by atoms with Crippen LogP contribution >= 0.6 is 0 Å². The van der Waals surface area contributed by atoms with Gasteiger partial charge in [-0.2, -0.15) is 0 Å². The molecule has 0 aliphatic carbocycles. The van der Waals surface area contributed by atoms with Crippen LogP contribution in [0, 0.1) is 11.8 Å². The molecular formula is C17H26N2O2. The Morgan fingerprint density at radius 2 is 1.90 bits per heavy atom. The number of hydrogen-bond donors (Lipinski definition) is 2. The van der Waals surface area contributed by atoms with Crippen molar-refractivity contribution in [1.82, 2.24) is 10.6 Å². The van der Waals surface area contributed by atoms with Crippen molar-refractivity contribution in [1.29, 1.82) is 0 Å². The minimum Gasteiger partial charge on any atom is -0.491 e. The SMILES string of the molecule is CC(C)Oc1ccc(C(C)NC(=O)[C@@H]2CNC[C@H]2C)cc1. The zero-order valence-corrected chi connectivity index (χ0v) is 13.3. The van der Waals surface area contributed by atoms with E-state index in [1.165, 1.54) is 0 Å². The maximum Gasteiger partial charge on any atom is 0.225 e. The molecule has 0 saturated carbocycles. The van der Waals surface area contributed by atoms with E-state index < -0.39 is 0 Å². The van der Waals surface area contributed by atoms with Crippen LogP contribution in [0.1, 0.15) is 39.3 Å². The van der Waals surface area contributed by atoms with E-state index in [9.17, 15) is 4.79 Å². The number of amides is 1. The van der Waals surface area contributed by atoms with E-state index in [-0.39, 0.29) is 24.0 Å². The van der Waals surface area contributed by atoms with Gasteiger partial charge in [0.1, 0.15) is 5.75 Å². The molecule has 1 amide bonds. The maximum atomic E-state index is 12.3. The highest BCUT2D eigenvalue weighted by atomic mass is 16.5. The van der Waals surface area contributed by atoms with Gasteiger partial charge in [0.2, 0.25) is 5.91 Å². The molecule has 1 aromatic carbocycles. The molecular weight excluding hydrogens is 264 g/mol. The summed E-state index contributed by atoms with van der Waals surface area (Å²) in [6.07, 6.45) is 0.171. The van der Waals surface area contributed by atoms with Crippen molar-refractivity contribution >= 4 is 5.91 Å². The predicted molar refractivity (Wildman–Crippen MR) is 84.3 cm³/mol. The van der Waals surface area contributed by atoms with E-state index in [2.05, 4.69) is 17.6 Å². The third kappa shape index (κ3) is 4.21. The van der Waals surface area contributed by atoms with Crippen molar-refractivity contribution in [2.24, 2.45) is 11.8 Å². The molecule has 2 rings (SSSR count). The molecule has 1 aliphatic rings. The molecule has 2 N–H and O–H groups in total. The fourth-order valence-corrected chi connectivity index (χ4v) is 2.67. The molecule has 1 fully saturated rings. The quantitative estimate of drug-likeness (QED) is 0.876. The van der Waals surface area contributed by atoms with Gasteiger partial charge in [-0.1, -0.05) is 19.1 Å². The predicted octanol–water partition coefficient (Wildman–Crippen LogP) is 2.51. The second-order valence-corrected chi connectivity index (χ2v) is 6.21. The summed E-state index contributed by atoms with van der Waals surface area (Å²) in [5.74, 6) is 1.48. The molecule has 4 nitrogen and oxygen atoms in total. The van der Waals surface area contributed by atoms with E-state index in [0.29, 0.717) is 5.92 Å². The van der Waals surface area contributed by atoms with Crippen LogP contribution in [-0.2, 0) is 4.79 Å². The molecule has 4 heteroatoms. The topological polar surface area (TPSA) is 50.4 Å². The Hall–Kier alpha value is -1.55. The first-order valence-corrected chi connectivity index (χ1v) is 7.75. The average Bonchev–Trinajstić information content (AvgIpc) is 2.85. The van der Waals surface area contributed by atoms with Crippen LogP contribution in [0.3, 0.4) is 0 Å². The molecule has 0 radical (unpaired) electrons. The highest BCUT2D eigenvalue weighted by Crippen LogP contribution is 2.21. The van der Waals surface area contributed by atoms with Gasteiger partial charge < -0.3 is 15.4 Å². The van der Waals surface area contributed by atoms with Gasteiger partial charge in [-0.15, -0.1) is 0 Å². The third-order valence-corrected chi connectivity index (χ3v) is 3.96. The molecule has 1 saturated heterocycles. The summed E-state index contributed by atoms with van der Waals surface area (Å²) in [6.45, 7) is 9.85. The van der Waals surface area contributed by atoms with E-state index >= 15 is 0 Å². The van der Waals surface area contributed by atoms with Crippen molar-refractivity contribution in [2.45, 2.75) is 39.8 Å². The number of nitrogens with one attached hydrogen (secondary N) is 2. The number of hydrogen-bond acceptors (Lipinski definition) is 3. The highest BCUT2D eigenvalue weighted by molar-refractivity contribution is 5.80. The Morgan fingerprint density at radius 1 is 1.24 bits per heavy atom. The number of ether oxygens (including phenoxy) is 1. The van der Waals surface area contributed by atoms with E-state index in [1.807, 2.05) is 45.0 Å². The highest BCUT2D eigenvalue weighted by Gasteiger charge is 2.30. The Morgan fingerprint density at radius 3 is 2.43 bits per heavy atom. The molecule has 116 valence electrons. The summed E-state index contributed by atoms with van der Waals surface area (Å²) in [5, 5.41) is 6.37. The van der Waals surface area contributed by atoms with E-state index in [0.717, 1.165) is 24.4 Å². The van der Waals surface area contributed by atoms with E-state index in [4.69, 9.17) is 4.74 Å². The third-order valence-electron chi connectivity index (χ3n) is 3.96. The van der Waals surface area contributed by atoms with Gasteiger partial charge in [0.15, 0.2) is 0 Å². The summed E-state index contributed by atoms with van der Waals surface area (Å²) in [5.41, 5.74) is 1.10. The monoisotopic (exact) mass is 290 g/mol. The van der Waals surface area contributed by atoms with Crippen LogP contribution in [0.4, 0.5) is 0 Å². The number of carbonyl (C=O) groups is 1. The minimum absolute atomic E-state index is 0.0124. The number of carbonyl (C=O) groups excluding carboxylic acids is 1. The van der Waals surface area contributed by atoms with Gasteiger partial charge in [-0.3, -0.25) is 4.79 Å². The maximum absolute atomic E-state index is 12.3. The Labute approximate surface area is 127 Å². The van der Waals surface area contributed by atoms with Gasteiger partial charge in [0, 0.05) is 6.54 Å². The fourth-order valence-electron chi connectivity index (χ4n) is 2.67. The Bertz CT molecular complexity index is 470. The van der Waals surface area contributed by atoms with Gasteiger partial charge >= 0.3 is 0 Å². The lowest BCUT2D eigenvalue weighted by atomic mass is 9.96. The summed E-state index contributed by atoms with van der Waals surface area (Å²) in [6, 6.07) is 7.95. The van der Waals surface area contributed by atoms with Crippen LogP contribution in [0.2, 0.25) is 0 Å². The summed E-state index contributed by atoms with van der Waals surface area (Å²) in [4.78, 5) is 12.3. The average molecular weight is 290 g/mol. The van der Waals surface area contributed by atoms with Crippen molar-refractivity contribution in [3.63, 3.8) is 0 Å². The molecule has 0 spiro atoms. The van der Waals surface area contributed by atoms with Crippen LogP contribution in [0.25, 0.3) is 0 Å². The first kappa shape index (κ1) is 15.8. The molecule has 3 atom stereocenters. The lowest BCUT2D eigenvalue weighted by Gasteiger charge is -2.19. The minimum atomic E-state index is 0.0124. The molecule has 1 aliphatic heterocycles. The zero-order valence-electron chi connectivity index (χ0n) is 13.3. The van der Waals surface area contributed by atoms with Crippen molar-refractivity contribution < 1.29 is 9.53 Å². The fraction of sp³-hybridized carbons (Fsp3) is 0.588. The molecule has 1 aromatic rings. The summed E-state index contributed by atoms with van der Waals surface area (Å²) < 4.78 is 5.63. The second kappa shape index (κ2) is 6.94. The van der Waals surface area contributed by atoms with Gasteiger partial charge in [-0.25, -0.2) is 0 Å². The van der Waals surface area contributed by atoms with Crippen LogP contribution in [-0.4, -0.2) is 25.1 Å². The van der Waals surface area contributed by atoms with E-state index in [1.54, 1.807) is 0 Å². The lowest BCUT2D eigenvalue weighted by Crippen LogP contribution is -2.35. The summed E-state index contributed by atoms with van der Waals surface area (Å²) in [7, 11) is 0. The second-order valence-electron chi connectivity index (χ2n) is 6.21. The van der Waals surface area contributed by atoms with Gasteiger partial charge in [-0.05, 0) is 50.9 Å². The lowest BCUT2D eigenvalue weighted by molar-refractivity contribution is -0.126. The standard InChI is InChI=1S/C17H26N2O2/c1-11(2)21-15-7-5-14(6-8-15)13(4)19-17(20)16-10-18-9-12(16)3/h5-8,11-13,16,18H,9-10H2,1-4H3,(H,19,20)/t12-,13?,16-/m1/s1. The normalized spacial score (nSPS) is 23.1. The summed E-state index contributed by atoms with van der Waals surface area (Å²) >= 11 is 0. The number of benzene rings is 1. The molecule has 1 unspecified atom stereocenters. The van der Waals surface area contributed by atoms with Crippen molar-refractivity contribution in [2.75, 3.05) is 13.1 Å². The first-order valence-electron chi connectivity index (χ1n) is 7.75. The van der Waals surface area contributed by atoms with Gasteiger partial charge in [0.05, 0.1) is 18.1 Å². The molecule has 21 heavy (non-hydrogen) atoms. The Balaban J connectivity index is 1.93. The van der Waals surface area contributed by atoms with Gasteiger partial charge in [0.25, 0.3) is 0 Å². The molecule has 0 bridgehead atoms. The Kier molecular flexibility index (Phi) is 5.23. The van der Waals surface area contributed by atoms with Crippen LogP contribution in [0.15, 0.2) is 24.3 Å². The van der Waals surface area contributed by atoms with Crippen LogP contribution < -0.4 is 15.4 Å². The zero-order chi connectivity index (χ0) is 15.4. The largest absolute Gasteiger partial charge is 0.491 e. The number of rotatable bonds is 5. The van der Waals surface area contributed by atoms with Crippen LogP contribution in [0.5, 0.6) is 5.75 Å².